The van der Waals surface area contributed by atoms with Crippen molar-refractivity contribution in [3.63, 3.8) is 0 Å². The maximum atomic E-state index is 6.08. The van der Waals surface area contributed by atoms with Crippen LogP contribution < -0.4 is 0 Å². The van der Waals surface area contributed by atoms with Gasteiger partial charge in [0.2, 0.25) is 4.77 Å². The number of benzene rings is 2. The topological polar surface area (TPSA) is 38.9 Å². The van der Waals surface area contributed by atoms with Gasteiger partial charge in [-0.15, -0.1) is 5.10 Å². The molecule has 4 aromatic rings. The van der Waals surface area contributed by atoms with Gasteiger partial charge in [0.1, 0.15) is 0 Å². The van der Waals surface area contributed by atoms with Crippen LogP contribution in [0.5, 0.6) is 0 Å². The van der Waals surface area contributed by atoms with Crippen molar-refractivity contribution in [3.05, 3.63) is 94.5 Å². The highest BCUT2D eigenvalue weighted by Crippen LogP contribution is 2.24. The summed E-state index contributed by atoms with van der Waals surface area (Å²) in [4.78, 5) is 6.59. The molecule has 2 aromatic heterocycles. The van der Waals surface area contributed by atoms with Crippen LogP contribution in [-0.4, -0.2) is 37.8 Å². The Balaban J connectivity index is 1.63. The molecule has 2 heterocycles. The van der Waals surface area contributed by atoms with Gasteiger partial charge in [-0.3, -0.25) is 14.5 Å². The summed E-state index contributed by atoms with van der Waals surface area (Å²) in [6.07, 6.45) is 2.69. The first kappa shape index (κ1) is 20.5. The van der Waals surface area contributed by atoms with E-state index in [2.05, 4.69) is 16.9 Å². The molecule has 0 aliphatic carbocycles. The molecule has 30 heavy (non-hydrogen) atoms. The van der Waals surface area contributed by atoms with E-state index in [1.54, 1.807) is 0 Å². The number of likely N-dealkylation sites (N-methyl/N-ethyl adjacent to an activating group) is 1. The number of halogens is 1. The lowest BCUT2D eigenvalue weighted by Crippen LogP contribution is -2.25. The largest absolute Gasteiger partial charge is 0.287 e. The molecule has 0 N–H and O–H groups in total. The minimum absolute atomic E-state index is 0.589. The second-order valence-corrected chi connectivity index (χ2v) is 7.88. The molecule has 0 aliphatic heterocycles. The van der Waals surface area contributed by atoms with E-state index in [1.807, 2.05) is 88.2 Å². The number of rotatable bonds is 7. The Labute approximate surface area is 186 Å². The summed E-state index contributed by atoms with van der Waals surface area (Å²) in [5, 5.41) is 5.55. The van der Waals surface area contributed by atoms with Gasteiger partial charge in [0.25, 0.3) is 0 Å². The third-order valence-corrected chi connectivity index (χ3v) is 5.45. The molecule has 0 unspecified atom stereocenters. The number of aromatic nitrogens is 4. The molecular formula is C23H22ClN5S. The Kier molecular flexibility index (Phi) is 6.38. The van der Waals surface area contributed by atoms with Gasteiger partial charge in [-0.1, -0.05) is 35.9 Å². The van der Waals surface area contributed by atoms with Gasteiger partial charge in [-0.25, -0.2) is 4.68 Å². The Morgan fingerprint density at radius 1 is 0.967 bits per heavy atom. The molecule has 0 fully saturated rings. The number of hydrogen-bond donors (Lipinski definition) is 0. The van der Waals surface area contributed by atoms with Crippen LogP contribution in [0, 0.1) is 4.77 Å². The van der Waals surface area contributed by atoms with Crippen molar-refractivity contribution in [3.8, 4) is 17.1 Å². The fraction of sp³-hybridized carbons (Fsp3) is 0.174. The molecule has 152 valence electrons. The third-order valence-electron chi connectivity index (χ3n) is 4.81. The van der Waals surface area contributed by atoms with Gasteiger partial charge in [0.15, 0.2) is 5.82 Å². The van der Waals surface area contributed by atoms with Gasteiger partial charge in [0.05, 0.1) is 6.67 Å². The van der Waals surface area contributed by atoms with Crippen molar-refractivity contribution in [1.82, 2.24) is 24.2 Å². The predicted octanol–water partition coefficient (Wildman–Crippen LogP) is 5.25. The summed E-state index contributed by atoms with van der Waals surface area (Å²) >= 11 is 11.9. The highest BCUT2D eigenvalue weighted by atomic mass is 35.5. The van der Waals surface area contributed by atoms with Crippen LogP contribution in [0.3, 0.4) is 0 Å². The highest BCUT2D eigenvalue weighted by molar-refractivity contribution is 7.71. The molecule has 0 saturated heterocycles. The van der Waals surface area contributed by atoms with E-state index >= 15 is 0 Å². The average Bonchev–Trinajstić information content (AvgIpc) is 3.10. The Morgan fingerprint density at radius 2 is 1.70 bits per heavy atom. The van der Waals surface area contributed by atoms with Crippen LogP contribution in [0.1, 0.15) is 5.69 Å². The van der Waals surface area contributed by atoms with E-state index in [9.17, 15) is 0 Å². The number of pyridine rings is 1. The van der Waals surface area contributed by atoms with E-state index in [4.69, 9.17) is 28.9 Å². The SMILES string of the molecule is CN(CCc1ccccn1)Cn1nc(-c2ccc(Cl)cc2)n(-c2ccccc2)c1=S. The Morgan fingerprint density at radius 3 is 2.40 bits per heavy atom. The molecule has 0 amide bonds. The molecule has 7 heteroatoms. The maximum Gasteiger partial charge on any atom is 0.204 e. The fourth-order valence-corrected chi connectivity index (χ4v) is 3.66. The zero-order valence-corrected chi connectivity index (χ0v) is 18.2. The smallest absolute Gasteiger partial charge is 0.204 e. The summed E-state index contributed by atoms with van der Waals surface area (Å²) in [7, 11) is 2.06. The second kappa shape index (κ2) is 9.34. The lowest BCUT2D eigenvalue weighted by Gasteiger charge is -2.16. The average molecular weight is 436 g/mol. The summed E-state index contributed by atoms with van der Waals surface area (Å²) in [5.74, 6) is 0.793. The van der Waals surface area contributed by atoms with E-state index in [1.165, 1.54) is 0 Å². The van der Waals surface area contributed by atoms with Crippen molar-refractivity contribution in [1.29, 1.82) is 0 Å². The van der Waals surface area contributed by atoms with Crippen molar-refractivity contribution >= 4 is 23.8 Å². The van der Waals surface area contributed by atoms with Gasteiger partial charge < -0.3 is 0 Å². The van der Waals surface area contributed by atoms with E-state index < -0.39 is 0 Å². The molecule has 0 saturated carbocycles. The van der Waals surface area contributed by atoms with Crippen LogP contribution in [0.2, 0.25) is 5.02 Å². The molecule has 5 nitrogen and oxygen atoms in total. The molecule has 0 radical (unpaired) electrons. The lowest BCUT2D eigenvalue weighted by atomic mass is 10.2. The Bertz CT molecular complexity index is 1150. The quantitative estimate of drug-likeness (QED) is 0.371. The summed E-state index contributed by atoms with van der Waals surface area (Å²) in [6, 6.07) is 23.7. The first-order valence-corrected chi connectivity index (χ1v) is 10.5. The van der Waals surface area contributed by atoms with Crippen LogP contribution in [-0.2, 0) is 13.1 Å². The summed E-state index contributed by atoms with van der Waals surface area (Å²) in [5.41, 5.74) is 3.02. The monoisotopic (exact) mass is 435 g/mol. The maximum absolute atomic E-state index is 6.08. The molecule has 0 atom stereocenters. The van der Waals surface area contributed by atoms with Gasteiger partial charge in [0, 0.05) is 41.1 Å². The van der Waals surface area contributed by atoms with Crippen molar-refractivity contribution in [2.45, 2.75) is 13.1 Å². The zero-order chi connectivity index (χ0) is 20.9. The van der Waals surface area contributed by atoms with E-state index in [0.29, 0.717) is 16.5 Å². The minimum atomic E-state index is 0.589. The molecule has 2 aromatic carbocycles. The van der Waals surface area contributed by atoms with Crippen molar-refractivity contribution < 1.29 is 0 Å². The first-order valence-electron chi connectivity index (χ1n) is 9.71. The Hall–Kier alpha value is -2.80. The molecule has 4 rings (SSSR count). The van der Waals surface area contributed by atoms with Crippen molar-refractivity contribution in [2.24, 2.45) is 0 Å². The van der Waals surface area contributed by atoms with E-state index in [-0.39, 0.29) is 0 Å². The van der Waals surface area contributed by atoms with Crippen LogP contribution >= 0.6 is 23.8 Å². The minimum Gasteiger partial charge on any atom is -0.287 e. The number of nitrogens with zero attached hydrogens (tertiary/aromatic N) is 5. The van der Waals surface area contributed by atoms with Crippen molar-refractivity contribution in [2.75, 3.05) is 13.6 Å². The summed E-state index contributed by atoms with van der Waals surface area (Å²) < 4.78 is 4.52. The number of para-hydroxylation sites is 1. The number of hydrogen-bond acceptors (Lipinski definition) is 4. The van der Waals surface area contributed by atoms with Gasteiger partial charge in [-0.2, -0.15) is 0 Å². The third kappa shape index (κ3) is 4.67. The normalized spacial score (nSPS) is 11.2. The predicted molar refractivity (Wildman–Crippen MR) is 123 cm³/mol. The second-order valence-electron chi connectivity index (χ2n) is 7.08. The highest BCUT2D eigenvalue weighted by Gasteiger charge is 2.15. The fourth-order valence-electron chi connectivity index (χ4n) is 3.25. The van der Waals surface area contributed by atoms with Crippen LogP contribution in [0.4, 0.5) is 0 Å². The van der Waals surface area contributed by atoms with E-state index in [0.717, 1.165) is 35.7 Å². The van der Waals surface area contributed by atoms with Crippen LogP contribution in [0.15, 0.2) is 79.0 Å². The first-order chi connectivity index (χ1) is 14.6. The standard InChI is InChI=1S/C23H22ClN5S/c1-27(16-14-20-7-5-6-15-25-20)17-28-23(30)29(21-8-3-2-4-9-21)22(26-28)18-10-12-19(24)13-11-18/h2-13,15H,14,16-17H2,1H3. The molecule has 0 bridgehead atoms. The van der Waals surface area contributed by atoms with Crippen LogP contribution in [0.25, 0.3) is 17.1 Å². The van der Waals surface area contributed by atoms with Gasteiger partial charge in [-0.05, 0) is 67.8 Å². The molecule has 0 aliphatic rings. The zero-order valence-electron chi connectivity index (χ0n) is 16.6. The molecular weight excluding hydrogens is 414 g/mol. The lowest BCUT2D eigenvalue weighted by molar-refractivity contribution is 0.254. The van der Waals surface area contributed by atoms with Gasteiger partial charge >= 0.3 is 0 Å². The summed E-state index contributed by atoms with van der Waals surface area (Å²) in [6.45, 7) is 1.44. The molecule has 0 spiro atoms.